The lowest BCUT2D eigenvalue weighted by molar-refractivity contribution is 0.100. The number of rotatable bonds is 4. The SMILES string of the molecule is CC(C)(N)c1cccc(-c2ccc3c(C(N)=O)c(NC(N)=O)[nH]c3c2)c1. The van der Waals surface area contributed by atoms with Gasteiger partial charge in [-0.25, -0.2) is 4.79 Å². The molecular weight excluding hydrogens is 330 g/mol. The summed E-state index contributed by atoms with van der Waals surface area (Å²) in [6, 6.07) is 12.7. The monoisotopic (exact) mass is 351 g/mol. The Hall–Kier alpha value is -3.32. The molecule has 0 spiro atoms. The smallest absolute Gasteiger partial charge is 0.317 e. The third-order valence-electron chi connectivity index (χ3n) is 4.23. The number of hydrogen-bond donors (Lipinski definition) is 5. The van der Waals surface area contributed by atoms with Crippen molar-refractivity contribution in [2.24, 2.45) is 17.2 Å². The van der Waals surface area contributed by atoms with Gasteiger partial charge in [-0.05, 0) is 42.7 Å². The van der Waals surface area contributed by atoms with E-state index in [0.717, 1.165) is 16.7 Å². The number of nitrogens with one attached hydrogen (secondary N) is 2. The Labute approximate surface area is 150 Å². The van der Waals surface area contributed by atoms with Crippen molar-refractivity contribution in [2.75, 3.05) is 5.32 Å². The third-order valence-corrected chi connectivity index (χ3v) is 4.23. The predicted octanol–water partition coefficient (Wildman–Crippen LogP) is 2.62. The van der Waals surface area contributed by atoms with Crippen molar-refractivity contribution >= 4 is 28.7 Å². The Kier molecular flexibility index (Phi) is 4.17. The maximum Gasteiger partial charge on any atom is 0.317 e. The molecule has 3 rings (SSSR count). The fourth-order valence-corrected chi connectivity index (χ4v) is 2.95. The average molecular weight is 351 g/mol. The van der Waals surface area contributed by atoms with E-state index in [2.05, 4.69) is 10.3 Å². The van der Waals surface area contributed by atoms with Crippen molar-refractivity contribution in [1.29, 1.82) is 0 Å². The standard InChI is InChI=1S/C19H21N5O2/c1-19(2,22)12-5-3-4-10(8-12)11-6-7-13-14(9-11)23-17(24-18(21)26)15(13)16(20)25/h3-9,23H,22H2,1-2H3,(H2,20,25)(H3,21,24,26). The number of carbonyl (C=O) groups excluding carboxylic acids is 2. The molecule has 7 heteroatoms. The molecule has 8 N–H and O–H groups in total. The van der Waals surface area contributed by atoms with Crippen molar-refractivity contribution in [1.82, 2.24) is 4.98 Å². The van der Waals surface area contributed by atoms with E-state index in [-0.39, 0.29) is 11.4 Å². The maximum absolute atomic E-state index is 11.8. The highest BCUT2D eigenvalue weighted by Gasteiger charge is 2.18. The van der Waals surface area contributed by atoms with Crippen LogP contribution < -0.4 is 22.5 Å². The van der Waals surface area contributed by atoms with Gasteiger partial charge in [0.1, 0.15) is 5.82 Å². The van der Waals surface area contributed by atoms with Gasteiger partial charge in [-0.3, -0.25) is 10.1 Å². The van der Waals surface area contributed by atoms with Crippen LogP contribution in [0.2, 0.25) is 0 Å². The molecule has 0 aliphatic rings. The number of fused-ring (bicyclic) bond motifs is 1. The third kappa shape index (κ3) is 3.25. The second-order valence-electron chi connectivity index (χ2n) is 6.79. The topological polar surface area (TPSA) is 140 Å². The maximum atomic E-state index is 11.8. The van der Waals surface area contributed by atoms with Crippen LogP contribution in [0.4, 0.5) is 10.6 Å². The fourth-order valence-electron chi connectivity index (χ4n) is 2.95. The zero-order valence-electron chi connectivity index (χ0n) is 14.6. The summed E-state index contributed by atoms with van der Waals surface area (Å²) in [5.41, 5.74) is 20.1. The fraction of sp³-hybridized carbons (Fsp3) is 0.158. The van der Waals surface area contributed by atoms with Gasteiger partial charge >= 0.3 is 6.03 Å². The molecule has 3 aromatic rings. The number of carbonyl (C=O) groups is 2. The summed E-state index contributed by atoms with van der Waals surface area (Å²) in [6.07, 6.45) is 0. The van der Waals surface area contributed by atoms with Crippen molar-refractivity contribution in [3.05, 3.63) is 53.6 Å². The van der Waals surface area contributed by atoms with Gasteiger partial charge in [0, 0.05) is 16.4 Å². The number of aromatic amines is 1. The minimum atomic E-state index is -0.780. The molecule has 0 aliphatic carbocycles. The molecule has 2 aromatic carbocycles. The van der Waals surface area contributed by atoms with Gasteiger partial charge < -0.3 is 22.2 Å². The zero-order chi connectivity index (χ0) is 19.1. The normalized spacial score (nSPS) is 11.5. The molecule has 0 unspecified atom stereocenters. The van der Waals surface area contributed by atoms with Crippen LogP contribution in [-0.4, -0.2) is 16.9 Å². The lowest BCUT2D eigenvalue weighted by Crippen LogP contribution is -2.28. The summed E-state index contributed by atoms with van der Waals surface area (Å²) in [5, 5.41) is 3.01. The van der Waals surface area contributed by atoms with Crippen LogP contribution in [0.1, 0.15) is 29.8 Å². The van der Waals surface area contributed by atoms with Crippen LogP contribution in [0.5, 0.6) is 0 Å². The largest absolute Gasteiger partial charge is 0.365 e. The highest BCUT2D eigenvalue weighted by Crippen LogP contribution is 2.31. The molecule has 7 nitrogen and oxygen atoms in total. The quantitative estimate of drug-likeness (QED) is 0.493. The first-order valence-electron chi connectivity index (χ1n) is 8.08. The lowest BCUT2D eigenvalue weighted by atomic mass is 9.92. The first-order valence-corrected chi connectivity index (χ1v) is 8.08. The molecule has 0 radical (unpaired) electrons. The molecule has 26 heavy (non-hydrogen) atoms. The van der Waals surface area contributed by atoms with E-state index in [0.29, 0.717) is 10.9 Å². The Morgan fingerprint density at radius 1 is 1.04 bits per heavy atom. The van der Waals surface area contributed by atoms with Gasteiger partial charge in [-0.2, -0.15) is 0 Å². The van der Waals surface area contributed by atoms with Crippen molar-refractivity contribution in [3.63, 3.8) is 0 Å². The van der Waals surface area contributed by atoms with Crippen LogP contribution >= 0.6 is 0 Å². The number of urea groups is 1. The molecule has 0 bridgehead atoms. The molecule has 0 saturated heterocycles. The summed E-state index contributed by atoms with van der Waals surface area (Å²) in [7, 11) is 0. The Bertz CT molecular complexity index is 1010. The van der Waals surface area contributed by atoms with Crippen LogP contribution in [0, 0.1) is 0 Å². The van der Waals surface area contributed by atoms with E-state index in [1.54, 1.807) is 6.07 Å². The van der Waals surface area contributed by atoms with Crippen LogP contribution in [0.15, 0.2) is 42.5 Å². The Morgan fingerprint density at radius 3 is 2.35 bits per heavy atom. The number of hydrogen-bond acceptors (Lipinski definition) is 3. The molecular formula is C19H21N5O2. The van der Waals surface area contributed by atoms with Crippen LogP contribution in [-0.2, 0) is 5.54 Å². The van der Waals surface area contributed by atoms with Crippen LogP contribution in [0.25, 0.3) is 22.0 Å². The summed E-state index contributed by atoms with van der Waals surface area (Å²) in [5.74, 6) is -0.464. The molecule has 0 saturated carbocycles. The number of nitrogens with two attached hydrogens (primary N) is 3. The van der Waals surface area contributed by atoms with Crippen LogP contribution in [0.3, 0.4) is 0 Å². The minimum Gasteiger partial charge on any atom is -0.365 e. The van der Waals surface area contributed by atoms with E-state index in [4.69, 9.17) is 17.2 Å². The number of amides is 3. The van der Waals surface area contributed by atoms with Gasteiger partial charge in [0.25, 0.3) is 5.91 Å². The second-order valence-corrected chi connectivity index (χ2v) is 6.79. The van der Waals surface area contributed by atoms with Gasteiger partial charge in [-0.1, -0.05) is 30.3 Å². The minimum absolute atomic E-state index is 0.189. The lowest BCUT2D eigenvalue weighted by Gasteiger charge is -2.20. The summed E-state index contributed by atoms with van der Waals surface area (Å²) in [6.45, 7) is 3.89. The number of primary amides is 2. The molecule has 0 aliphatic heterocycles. The Morgan fingerprint density at radius 2 is 1.73 bits per heavy atom. The second kappa shape index (κ2) is 6.20. The number of H-pyrrole nitrogens is 1. The van der Waals surface area contributed by atoms with Crippen molar-refractivity contribution < 1.29 is 9.59 Å². The van der Waals surface area contributed by atoms with Gasteiger partial charge in [0.15, 0.2) is 0 Å². The zero-order valence-corrected chi connectivity index (χ0v) is 14.6. The highest BCUT2D eigenvalue weighted by atomic mass is 16.2. The highest BCUT2D eigenvalue weighted by molar-refractivity contribution is 6.13. The summed E-state index contributed by atoms with van der Waals surface area (Å²) < 4.78 is 0. The Balaban J connectivity index is 2.13. The first-order chi connectivity index (χ1) is 12.2. The van der Waals surface area contributed by atoms with E-state index < -0.39 is 17.5 Å². The van der Waals surface area contributed by atoms with Gasteiger partial charge in [0.2, 0.25) is 0 Å². The predicted molar refractivity (Wildman–Crippen MR) is 103 cm³/mol. The van der Waals surface area contributed by atoms with E-state index >= 15 is 0 Å². The van der Waals surface area contributed by atoms with E-state index in [1.807, 2.05) is 50.2 Å². The van der Waals surface area contributed by atoms with Crippen molar-refractivity contribution in [2.45, 2.75) is 19.4 Å². The number of anilines is 1. The number of aromatic nitrogens is 1. The molecule has 1 aromatic heterocycles. The van der Waals surface area contributed by atoms with E-state index in [1.165, 1.54) is 0 Å². The molecule has 0 fully saturated rings. The molecule has 3 amide bonds. The molecule has 0 atom stereocenters. The van der Waals surface area contributed by atoms with Crippen molar-refractivity contribution in [3.8, 4) is 11.1 Å². The molecule has 1 heterocycles. The summed E-state index contributed by atoms with van der Waals surface area (Å²) >= 11 is 0. The van der Waals surface area contributed by atoms with Gasteiger partial charge in [0.05, 0.1) is 5.56 Å². The first kappa shape index (κ1) is 17.5. The van der Waals surface area contributed by atoms with Gasteiger partial charge in [-0.15, -0.1) is 0 Å². The average Bonchev–Trinajstić information content (AvgIpc) is 2.90. The van der Waals surface area contributed by atoms with E-state index in [9.17, 15) is 9.59 Å². The number of benzene rings is 2. The summed E-state index contributed by atoms with van der Waals surface area (Å²) in [4.78, 5) is 25.9. The molecule has 134 valence electrons.